The lowest BCUT2D eigenvalue weighted by molar-refractivity contribution is 0.0341. The van der Waals surface area contributed by atoms with Gasteiger partial charge in [0.25, 0.3) is 0 Å². The van der Waals surface area contributed by atoms with Crippen LogP contribution in [0.5, 0.6) is 0 Å². The van der Waals surface area contributed by atoms with E-state index in [2.05, 4.69) is 59.9 Å². The van der Waals surface area contributed by atoms with Crippen LogP contribution in [0.2, 0.25) is 0 Å². The lowest BCUT2D eigenvalue weighted by Gasteiger charge is -2.27. The van der Waals surface area contributed by atoms with E-state index < -0.39 is 0 Å². The molecule has 1 atom stereocenters. The highest BCUT2D eigenvalue weighted by Gasteiger charge is 2.12. The average Bonchev–Trinajstić information content (AvgIpc) is 2.65. The Kier molecular flexibility index (Phi) is 12.3. The van der Waals surface area contributed by atoms with E-state index in [0.717, 1.165) is 51.9 Å². The Hall–Kier alpha value is -0.510. The number of halogens is 1. The van der Waals surface area contributed by atoms with Crippen LogP contribution in [0, 0.1) is 0 Å². The van der Waals surface area contributed by atoms with Crippen LogP contribution >= 0.6 is 35.7 Å². The molecule has 0 saturated carbocycles. The van der Waals surface area contributed by atoms with Gasteiger partial charge in [0.2, 0.25) is 0 Å². The summed E-state index contributed by atoms with van der Waals surface area (Å²) >= 11 is 1.86. The van der Waals surface area contributed by atoms with E-state index >= 15 is 0 Å². The van der Waals surface area contributed by atoms with Crippen molar-refractivity contribution in [3.63, 3.8) is 0 Å². The summed E-state index contributed by atoms with van der Waals surface area (Å²) in [6.07, 6.45) is 2.14. The maximum atomic E-state index is 5.45. The summed E-state index contributed by atoms with van der Waals surface area (Å²) in [6, 6.07) is 8.63. The van der Waals surface area contributed by atoms with Crippen molar-refractivity contribution in [2.24, 2.45) is 4.99 Å². The first kappa shape index (κ1) is 23.5. The highest BCUT2D eigenvalue weighted by atomic mass is 127. The molecular weight excluding hydrogens is 459 g/mol. The molecule has 1 aromatic rings. The standard InChI is InChI=1S/C19H32N4OS.HI/c1-4-20-19(21-13-16(2)25-3)22-14-17-7-5-6-8-18(17)15-23-9-11-24-12-10-23;/h5-8,16H,4,9-15H2,1-3H3,(H2,20,21,22);1H. The Morgan fingerprint density at radius 1 is 1.23 bits per heavy atom. The normalized spacial score (nSPS) is 16.7. The molecule has 1 aliphatic heterocycles. The lowest BCUT2D eigenvalue weighted by atomic mass is 10.1. The van der Waals surface area contributed by atoms with Crippen LogP contribution in [0.1, 0.15) is 25.0 Å². The summed E-state index contributed by atoms with van der Waals surface area (Å²) in [4.78, 5) is 7.24. The van der Waals surface area contributed by atoms with Gasteiger partial charge in [-0.05, 0) is 24.3 Å². The maximum absolute atomic E-state index is 5.45. The predicted octanol–water partition coefficient (Wildman–Crippen LogP) is 2.94. The molecule has 0 aliphatic carbocycles. The van der Waals surface area contributed by atoms with Crippen LogP contribution in [0.4, 0.5) is 0 Å². The van der Waals surface area contributed by atoms with Crippen LogP contribution < -0.4 is 10.6 Å². The van der Waals surface area contributed by atoms with Gasteiger partial charge >= 0.3 is 0 Å². The summed E-state index contributed by atoms with van der Waals surface area (Å²) in [5.74, 6) is 0.893. The van der Waals surface area contributed by atoms with Gasteiger partial charge in [-0.2, -0.15) is 11.8 Å². The van der Waals surface area contributed by atoms with E-state index in [-0.39, 0.29) is 24.0 Å². The molecular formula is C19H33IN4OS. The van der Waals surface area contributed by atoms with E-state index in [0.29, 0.717) is 11.8 Å². The fraction of sp³-hybridized carbons (Fsp3) is 0.632. The summed E-state index contributed by atoms with van der Waals surface area (Å²) < 4.78 is 5.45. The third-order valence-electron chi connectivity index (χ3n) is 4.33. The average molecular weight is 492 g/mol. The van der Waals surface area contributed by atoms with E-state index in [1.807, 2.05) is 11.8 Å². The van der Waals surface area contributed by atoms with Gasteiger partial charge in [-0.1, -0.05) is 31.2 Å². The van der Waals surface area contributed by atoms with Gasteiger partial charge in [0, 0.05) is 38.0 Å². The van der Waals surface area contributed by atoms with Crippen molar-refractivity contribution < 1.29 is 4.74 Å². The minimum Gasteiger partial charge on any atom is -0.379 e. The second kappa shape index (κ2) is 13.6. The highest BCUT2D eigenvalue weighted by molar-refractivity contribution is 14.0. The SMILES string of the molecule is CCNC(=NCc1ccccc1CN1CCOCC1)NCC(C)SC.I. The molecule has 5 nitrogen and oxygen atoms in total. The number of morpholine rings is 1. The van der Waals surface area contributed by atoms with Gasteiger partial charge in [-0.15, -0.1) is 24.0 Å². The summed E-state index contributed by atoms with van der Waals surface area (Å²) in [5, 5.41) is 7.34. The van der Waals surface area contributed by atoms with Crippen LogP contribution in [0.25, 0.3) is 0 Å². The minimum absolute atomic E-state index is 0. The molecule has 148 valence electrons. The molecule has 2 N–H and O–H groups in total. The van der Waals surface area contributed by atoms with Crippen molar-refractivity contribution in [2.45, 2.75) is 32.2 Å². The fourth-order valence-electron chi connectivity index (χ4n) is 2.70. The first-order chi connectivity index (χ1) is 12.2. The van der Waals surface area contributed by atoms with Crippen molar-refractivity contribution >= 4 is 41.7 Å². The zero-order chi connectivity index (χ0) is 17.9. The van der Waals surface area contributed by atoms with Gasteiger partial charge in [0.15, 0.2) is 5.96 Å². The summed E-state index contributed by atoms with van der Waals surface area (Å²) in [6.45, 7) is 11.5. The van der Waals surface area contributed by atoms with Gasteiger partial charge in [0.05, 0.1) is 19.8 Å². The number of nitrogens with one attached hydrogen (secondary N) is 2. The number of nitrogens with zero attached hydrogens (tertiary/aromatic N) is 2. The fourth-order valence-corrected chi connectivity index (χ4v) is 2.95. The molecule has 0 radical (unpaired) electrons. The molecule has 0 spiro atoms. The molecule has 1 fully saturated rings. The molecule has 0 aromatic heterocycles. The van der Waals surface area contributed by atoms with Gasteiger partial charge in [0.1, 0.15) is 0 Å². The highest BCUT2D eigenvalue weighted by Crippen LogP contribution is 2.14. The molecule has 1 aliphatic rings. The molecule has 26 heavy (non-hydrogen) atoms. The number of aliphatic imine (C=N–C) groups is 1. The first-order valence-corrected chi connectivity index (χ1v) is 10.4. The number of rotatable bonds is 8. The minimum atomic E-state index is 0. The molecule has 1 aromatic carbocycles. The molecule has 2 rings (SSSR count). The monoisotopic (exact) mass is 492 g/mol. The number of hydrogen-bond acceptors (Lipinski definition) is 4. The Labute approximate surface area is 179 Å². The molecule has 1 unspecified atom stereocenters. The number of thioether (sulfide) groups is 1. The molecule has 0 amide bonds. The Morgan fingerprint density at radius 3 is 2.58 bits per heavy atom. The summed E-state index contributed by atoms with van der Waals surface area (Å²) in [5.41, 5.74) is 2.66. The van der Waals surface area contributed by atoms with Gasteiger partial charge < -0.3 is 15.4 Å². The van der Waals surface area contributed by atoms with E-state index in [4.69, 9.17) is 9.73 Å². The maximum Gasteiger partial charge on any atom is 0.191 e. The van der Waals surface area contributed by atoms with Crippen molar-refractivity contribution in [1.29, 1.82) is 0 Å². The molecule has 0 bridgehead atoms. The van der Waals surface area contributed by atoms with Gasteiger partial charge in [-0.25, -0.2) is 4.99 Å². The smallest absolute Gasteiger partial charge is 0.191 e. The Bertz CT molecular complexity index is 538. The van der Waals surface area contributed by atoms with Gasteiger partial charge in [-0.3, -0.25) is 4.90 Å². The lowest BCUT2D eigenvalue weighted by Crippen LogP contribution is -2.40. The van der Waals surface area contributed by atoms with Crippen molar-refractivity contribution in [2.75, 3.05) is 45.6 Å². The van der Waals surface area contributed by atoms with E-state index in [1.165, 1.54) is 11.1 Å². The number of ether oxygens (including phenoxy) is 1. The second-order valence-electron chi connectivity index (χ2n) is 6.28. The van der Waals surface area contributed by atoms with E-state index in [1.54, 1.807) is 0 Å². The Morgan fingerprint density at radius 2 is 1.92 bits per heavy atom. The topological polar surface area (TPSA) is 48.9 Å². The molecule has 7 heteroatoms. The summed E-state index contributed by atoms with van der Waals surface area (Å²) in [7, 11) is 0. The predicted molar refractivity (Wildman–Crippen MR) is 124 cm³/mol. The second-order valence-corrected chi connectivity index (χ2v) is 7.56. The zero-order valence-electron chi connectivity index (χ0n) is 16.2. The molecule has 1 saturated heterocycles. The first-order valence-electron chi connectivity index (χ1n) is 9.14. The zero-order valence-corrected chi connectivity index (χ0v) is 19.3. The van der Waals surface area contributed by atoms with Crippen LogP contribution in [0.15, 0.2) is 29.3 Å². The van der Waals surface area contributed by atoms with E-state index in [9.17, 15) is 0 Å². The van der Waals surface area contributed by atoms with Crippen molar-refractivity contribution in [3.8, 4) is 0 Å². The van der Waals surface area contributed by atoms with Crippen molar-refractivity contribution in [1.82, 2.24) is 15.5 Å². The van der Waals surface area contributed by atoms with Crippen LogP contribution in [0.3, 0.4) is 0 Å². The number of benzene rings is 1. The quantitative estimate of drug-likeness (QED) is 0.332. The molecule has 1 heterocycles. The Balaban J connectivity index is 0.00000338. The number of hydrogen-bond donors (Lipinski definition) is 2. The number of guanidine groups is 1. The largest absolute Gasteiger partial charge is 0.379 e. The van der Waals surface area contributed by atoms with Crippen LogP contribution in [-0.2, 0) is 17.8 Å². The van der Waals surface area contributed by atoms with Crippen LogP contribution in [-0.4, -0.2) is 61.8 Å². The third kappa shape index (κ3) is 8.45. The third-order valence-corrected chi connectivity index (χ3v) is 5.30. The van der Waals surface area contributed by atoms with Crippen molar-refractivity contribution in [3.05, 3.63) is 35.4 Å².